The van der Waals surface area contributed by atoms with E-state index in [0.717, 1.165) is 56.6 Å². The lowest BCUT2D eigenvalue weighted by Crippen LogP contribution is -2.46. The van der Waals surface area contributed by atoms with Gasteiger partial charge in [-0.05, 0) is 73.8 Å². The van der Waals surface area contributed by atoms with Crippen LogP contribution >= 0.6 is 12.6 Å². The molecule has 0 spiro atoms. The third-order valence-electron chi connectivity index (χ3n) is 6.63. The highest BCUT2D eigenvalue weighted by atomic mass is 32.1. The molecule has 1 aliphatic heterocycles. The fraction of sp³-hybridized carbons (Fsp3) is 0.500. The molecule has 1 heterocycles. The number of ether oxygens (including phenoxy) is 1. The van der Waals surface area contributed by atoms with Crippen molar-refractivity contribution in [3.8, 4) is 5.75 Å². The number of hydrogen-bond acceptors (Lipinski definition) is 5. The molecule has 1 amide bonds. The molecule has 0 bridgehead atoms. The first-order valence-electron chi connectivity index (χ1n) is 11.7. The van der Waals surface area contributed by atoms with Gasteiger partial charge in [0.25, 0.3) is 5.91 Å². The van der Waals surface area contributed by atoms with Crippen LogP contribution in [0.4, 0.5) is 4.39 Å². The Hall–Kier alpha value is -2.09. The number of nitrogens with zero attached hydrogens (tertiary/aromatic N) is 1. The van der Waals surface area contributed by atoms with Crippen LogP contribution in [-0.4, -0.2) is 56.4 Å². The lowest BCUT2D eigenvalue weighted by Gasteiger charge is -2.27. The van der Waals surface area contributed by atoms with Crippen LogP contribution in [0.1, 0.15) is 59.6 Å². The van der Waals surface area contributed by atoms with Crippen LogP contribution in [0.15, 0.2) is 42.5 Å². The number of amides is 1. The van der Waals surface area contributed by atoms with Gasteiger partial charge in [-0.3, -0.25) is 4.79 Å². The molecule has 3 atom stereocenters. The van der Waals surface area contributed by atoms with Gasteiger partial charge >= 0.3 is 0 Å². The van der Waals surface area contributed by atoms with Crippen molar-refractivity contribution in [2.24, 2.45) is 0 Å². The average molecular weight is 474 g/mol. The minimum Gasteiger partial charge on any atom is -0.494 e. The molecule has 2 N–H and O–H groups in total. The molecule has 2 aromatic carbocycles. The van der Waals surface area contributed by atoms with E-state index < -0.39 is 0 Å². The molecular weight excluding hydrogens is 437 g/mol. The number of nitrogens with one attached hydrogen (secondary N) is 2. The Kier molecular flexibility index (Phi) is 9.59. The first-order valence-corrected chi connectivity index (χ1v) is 12.6. The van der Waals surface area contributed by atoms with Crippen molar-refractivity contribution in [3.63, 3.8) is 0 Å². The second-order valence-electron chi connectivity index (χ2n) is 8.65. The number of benzene rings is 2. The highest BCUT2D eigenvalue weighted by molar-refractivity contribution is 7.79. The topological polar surface area (TPSA) is 53.6 Å². The van der Waals surface area contributed by atoms with Crippen LogP contribution in [0.25, 0.3) is 0 Å². The van der Waals surface area contributed by atoms with Gasteiger partial charge in [0.15, 0.2) is 11.6 Å². The summed E-state index contributed by atoms with van der Waals surface area (Å²) in [5, 5.41) is 6.97. The van der Waals surface area contributed by atoms with E-state index in [1.54, 1.807) is 12.3 Å². The van der Waals surface area contributed by atoms with Crippen LogP contribution in [0.3, 0.4) is 0 Å². The monoisotopic (exact) mass is 473 g/mol. The van der Waals surface area contributed by atoms with E-state index >= 15 is 0 Å². The molecule has 4 rings (SSSR count). The summed E-state index contributed by atoms with van der Waals surface area (Å²) in [6, 6.07) is 13.8. The number of carbonyl (C=O) groups is 1. The molecule has 5 nitrogen and oxygen atoms in total. The number of carbonyl (C=O) groups excluding carboxylic acids is 1. The van der Waals surface area contributed by atoms with Gasteiger partial charge in [0, 0.05) is 43.8 Å². The minimum absolute atomic E-state index is 0.122. The van der Waals surface area contributed by atoms with E-state index in [-0.39, 0.29) is 23.5 Å². The fourth-order valence-electron chi connectivity index (χ4n) is 4.78. The Morgan fingerprint density at radius 3 is 2.52 bits per heavy atom. The lowest BCUT2D eigenvalue weighted by molar-refractivity contribution is 0.0736. The van der Waals surface area contributed by atoms with Crippen molar-refractivity contribution in [1.29, 1.82) is 0 Å². The van der Waals surface area contributed by atoms with Crippen molar-refractivity contribution in [2.75, 3.05) is 39.5 Å². The SMILES string of the molecule is COc1cc(C(C)NC2CCC(c3ccc(C(=O)N4CCNCC4)cc3)C2)ccc1F.CS. The summed E-state index contributed by atoms with van der Waals surface area (Å²) < 4.78 is 18.8. The fourth-order valence-corrected chi connectivity index (χ4v) is 4.78. The third kappa shape index (κ3) is 6.49. The molecule has 0 radical (unpaired) electrons. The van der Waals surface area contributed by atoms with Crippen molar-refractivity contribution in [3.05, 3.63) is 65.0 Å². The summed E-state index contributed by atoms with van der Waals surface area (Å²) in [7, 11) is 1.49. The van der Waals surface area contributed by atoms with Crippen molar-refractivity contribution >= 4 is 18.5 Å². The summed E-state index contributed by atoms with van der Waals surface area (Å²) in [5.41, 5.74) is 3.10. The lowest BCUT2D eigenvalue weighted by atomic mass is 9.96. The van der Waals surface area contributed by atoms with Crippen LogP contribution in [-0.2, 0) is 0 Å². The van der Waals surface area contributed by atoms with Gasteiger partial charge < -0.3 is 20.3 Å². The van der Waals surface area contributed by atoms with Gasteiger partial charge in [-0.25, -0.2) is 4.39 Å². The number of methoxy groups -OCH3 is 1. The zero-order valence-electron chi connectivity index (χ0n) is 19.8. The zero-order valence-corrected chi connectivity index (χ0v) is 20.7. The third-order valence-corrected chi connectivity index (χ3v) is 6.63. The molecule has 33 heavy (non-hydrogen) atoms. The molecular formula is C26H36FN3O2S. The summed E-state index contributed by atoms with van der Waals surface area (Å²) >= 11 is 3.53. The molecule has 3 unspecified atom stereocenters. The molecule has 2 aromatic rings. The first kappa shape index (κ1) is 25.5. The molecule has 0 aromatic heterocycles. The maximum absolute atomic E-state index is 13.7. The Bertz CT molecular complexity index is 903. The van der Waals surface area contributed by atoms with Gasteiger partial charge in [0.05, 0.1) is 7.11 Å². The predicted octanol–water partition coefficient (Wildman–Crippen LogP) is 4.41. The Labute approximate surface area is 202 Å². The van der Waals surface area contributed by atoms with Gasteiger partial charge in [0.2, 0.25) is 0 Å². The van der Waals surface area contributed by atoms with Gasteiger partial charge in [0.1, 0.15) is 0 Å². The number of hydrogen-bond donors (Lipinski definition) is 3. The van der Waals surface area contributed by atoms with Gasteiger partial charge in [-0.15, -0.1) is 0 Å². The Balaban J connectivity index is 0.00000149. The van der Waals surface area contributed by atoms with E-state index in [4.69, 9.17) is 4.74 Å². The molecule has 2 fully saturated rings. The summed E-state index contributed by atoms with van der Waals surface area (Å²) in [5.74, 6) is 0.572. The standard InChI is InChI=1S/C25H32FN3O2.CH4S/c1-17(20-8-10-23(26)24(16-20)31-2)28-22-9-7-21(15-22)18-3-5-19(6-4-18)25(30)29-13-11-27-12-14-29;1-2/h3-6,8,10,16-17,21-22,27-28H,7,9,11-15H2,1-2H3;2H,1H3. The second-order valence-corrected chi connectivity index (χ2v) is 8.65. The van der Waals surface area contributed by atoms with E-state index in [1.165, 1.54) is 18.7 Å². The van der Waals surface area contributed by atoms with E-state index in [1.807, 2.05) is 23.1 Å². The van der Waals surface area contributed by atoms with Crippen LogP contribution in [0.2, 0.25) is 0 Å². The van der Waals surface area contributed by atoms with Crippen LogP contribution < -0.4 is 15.4 Å². The quantitative estimate of drug-likeness (QED) is 0.544. The van der Waals surface area contributed by atoms with E-state index in [0.29, 0.717) is 12.0 Å². The molecule has 180 valence electrons. The van der Waals surface area contributed by atoms with Gasteiger partial charge in [-0.2, -0.15) is 12.6 Å². The maximum Gasteiger partial charge on any atom is 0.253 e. The maximum atomic E-state index is 13.7. The normalized spacial score (nSPS) is 21.2. The van der Waals surface area contributed by atoms with Crippen molar-refractivity contribution < 1.29 is 13.9 Å². The number of piperazine rings is 1. The summed E-state index contributed by atoms with van der Waals surface area (Å²) in [6.07, 6.45) is 4.99. The smallest absolute Gasteiger partial charge is 0.253 e. The molecule has 1 saturated carbocycles. The zero-order chi connectivity index (χ0) is 23.8. The second kappa shape index (κ2) is 12.4. The Morgan fingerprint density at radius 1 is 1.15 bits per heavy atom. The molecule has 1 aliphatic carbocycles. The van der Waals surface area contributed by atoms with Crippen molar-refractivity contribution in [2.45, 2.75) is 44.2 Å². The number of thiol groups is 1. The largest absolute Gasteiger partial charge is 0.494 e. The van der Waals surface area contributed by atoms with Gasteiger partial charge in [-0.1, -0.05) is 18.2 Å². The average Bonchev–Trinajstić information content (AvgIpc) is 3.34. The highest BCUT2D eigenvalue weighted by Crippen LogP contribution is 2.36. The van der Waals surface area contributed by atoms with Crippen molar-refractivity contribution in [1.82, 2.24) is 15.5 Å². The van der Waals surface area contributed by atoms with E-state index in [2.05, 4.69) is 42.3 Å². The number of rotatable bonds is 6. The molecule has 2 aliphatic rings. The molecule has 7 heteroatoms. The minimum atomic E-state index is -0.335. The van der Waals surface area contributed by atoms with Crippen LogP contribution in [0.5, 0.6) is 5.75 Å². The first-order chi connectivity index (χ1) is 16.0. The predicted molar refractivity (Wildman–Crippen MR) is 135 cm³/mol. The number of halogens is 1. The Morgan fingerprint density at radius 2 is 1.85 bits per heavy atom. The highest BCUT2D eigenvalue weighted by Gasteiger charge is 2.27. The summed E-state index contributed by atoms with van der Waals surface area (Å²) in [6.45, 7) is 5.38. The van der Waals surface area contributed by atoms with Crippen LogP contribution in [0, 0.1) is 5.82 Å². The van der Waals surface area contributed by atoms with E-state index in [9.17, 15) is 9.18 Å². The molecule has 1 saturated heterocycles. The summed E-state index contributed by atoms with van der Waals surface area (Å²) in [4.78, 5) is 14.6.